The van der Waals surface area contributed by atoms with Gasteiger partial charge in [0.05, 0.1) is 20.8 Å². The Morgan fingerprint density at radius 2 is 1.89 bits per heavy atom. The highest BCUT2D eigenvalue weighted by Gasteiger charge is 2.17. The fourth-order valence-electron chi connectivity index (χ4n) is 2.52. The number of halogens is 1. The van der Waals surface area contributed by atoms with Crippen LogP contribution < -0.4 is 9.47 Å². The van der Waals surface area contributed by atoms with Crippen LogP contribution in [0.2, 0.25) is 0 Å². The highest BCUT2D eigenvalue weighted by atomic mass is 19.1. The van der Waals surface area contributed by atoms with Crippen molar-refractivity contribution < 1.29 is 23.1 Å². The van der Waals surface area contributed by atoms with Gasteiger partial charge in [-0.15, -0.1) is 10.2 Å². The summed E-state index contributed by atoms with van der Waals surface area (Å²) >= 11 is 0. The fourth-order valence-corrected chi connectivity index (χ4v) is 2.52. The van der Waals surface area contributed by atoms with Crippen molar-refractivity contribution in [1.29, 1.82) is 0 Å². The van der Waals surface area contributed by atoms with E-state index in [2.05, 4.69) is 10.2 Å². The van der Waals surface area contributed by atoms with Crippen LogP contribution in [0.25, 0.3) is 11.5 Å². The molecule has 0 saturated carbocycles. The second kappa shape index (κ2) is 7.86. The van der Waals surface area contributed by atoms with Crippen molar-refractivity contribution >= 4 is 5.91 Å². The predicted octanol–water partition coefficient (Wildman–Crippen LogP) is 3.17. The van der Waals surface area contributed by atoms with Gasteiger partial charge in [0.2, 0.25) is 11.8 Å². The number of ether oxygens (including phenoxy) is 2. The van der Waals surface area contributed by atoms with E-state index in [1.807, 2.05) is 0 Å². The van der Waals surface area contributed by atoms with Crippen LogP contribution in [-0.4, -0.2) is 42.3 Å². The van der Waals surface area contributed by atoms with E-state index in [1.165, 1.54) is 30.2 Å². The summed E-state index contributed by atoms with van der Waals surface area (Å²) in [7, 11) is 4.66. The molecule has 0 aliphatic carbocycles. The van der Waals surface area contributed by atoms with Gasteiger partial charge in [0.25, 0.3) is 5.91 Å². The molecule has 1 amide bonds. The summed E-state index contributed by atoms with van der Waals surface area (Å²) in [5.74, 6) is 0.849. The Balaban J connectivity index is 1.75. The minimum atomic E-state index is -0.470. The first kappa shape index (κ1) is 18.4. The predicted molar refractivity (Wildman–Crippen MR) is 95.0 cm³/mol. The molecular weight excluding hydrogens is 353 g/mol. The normalized spacial score (nSPS) is 10.5. The van der Waals surface area contributed by atoms with E-state index in [9.17, 15) is 9.18 Å². The lowest BCUT2D eigenvalue weighted by Crippen LogP contribution is -2.26. The molecule has 3 aromatic rings. The van der Waals surface area contributed by atoms with E-state index in [0.29, 0.717) is 17.1 Å². The lowest BCUT2D eigenvalue weighted by Gasteiger charge is -2.14. The van der Waals surface area contributed by atoms with Crippen LogP contribution in [0.4, 0.5) is 4.39 Å². The van der Waals surface area contributed by atoms with Gasteiger partial charge >= 0.3 is 0 Å². The van der Waals surface area contributed by atoms with Crippen LogP contribution >= 0.6 is 0 Å². The molecule has 27 heavy (non-hydrogen) atoms. The molecule has 1 heterocycles. The van der Waals surface area contributed by atoms with Crippen molar-refractivity contribution in [3.8, 4) is 23.0 Å². The SMILES string of the molecule is COc1ccc(-c2nnc(CN(C)C(=O)c3cccc(F)c3)o2)cc1OC. The molecule has 1 aromatic heterocycles. The molecule has 0 saturated heterocycles. The summed E-state index contributed by atoms with van der Waals surface area (Å²) in [5, 5.41) is 7.97. The molecule has 0 radical (unpaired) electrons. The number of aromatic nitrogens is 2. The number of hydrogen-bond acceptors (Lipinski definition) is 6. The Kier molecular flexibility index (Phi) is 5.35. The van der Waals surface area contributed by atoms with E-state index in [-0.39, 0.29) is 29.8 Å². The van der Waals surface area contributed by atoms with E-state index in [4.69, 9.17) is 13.9 Å². The second-order valence-electron chi connectivity index (χ2n) is 5.74. The maximum atomic E-state index is 13.3. The Morgan fingerprint density at radius 1 is 1.11 bits per heavy atom. The zero-order valence-corrected chi connectivity index (χ0v) is 15.1. The molecular formula is C19H18FN3O4. The van der Waals surface area contributed by atoms with Crippen molar-refractivity contribution in [2.24, 2.45) is 0 Å². The maximum absolute atomic E-state index is 13.3. The lowest BCUT2D eigenvalue weighted by molar-refractivity contribution is 0.0772. The highest BCUT2D eigenvalue weighted by Crippen LogP contribution is 2.31. The molecule has 0 unspecified atom stereocenters. The van der Waals surface area contributed by atoms with Crippen molar-refractivity contribution in [3.05, 3.63) is 59.7 Å². The van der Waals surface area contributed by atoms with Gasteiger partial charge in [-0.05, 0) is 36.4 Å². The van der Waals surface area contributed by atoms with Crippen molar-refractivity contribution in [1.82, 2.24) is 15.1 Å². The van der Waals surface area contributed by atoms with Crippen molar-refractivity contribution in [2.45, 2.75) is 6.54 Å². The Labute approximate surface area is 155 Å². The van der Waals surface area contributed by atoms with Crippen LogP contribution in [0.1, 0.15) is 16.2 Å². The lowest BCUT2D eigenvalue weighted by atomic mass is 10.2. The van der Waals surface area contributed by atoms with Gasteiger partial charge in [-0.1, -0.05) is 6.07 Å². The first-order valence-corrected chi connectivity index (χ1v) is 8.07. The second-order valence-corrected chi connectivity index (χ2v) is 5.74. The first-order valence-electron chi connectivity index (χ1n) is 8.07. The largest absolute Gasteiger partial charge is 0.493 e. The monoisotopic (exact) mass is 371 g/mol. The number of rotatable bonds is 6. The van der Waals surface area contributed by atoms with Crippen LogP contribution in [0.5, 0.6) is 11.5 Å². The van der Waals surface area contributed by atoms with Gasteiger partial charge < -0.3 is 18.8 Å². The zero-order valence-electron chi connectivity index (χ0n) is 15.1. The van der Waals surface area contributed by atoms with E-state index < -0.39 is 5.82 Å². The molecule has 0 fully saturated rings. The Hall–Kier alpha value is -3.42. The summed E-state index contributed by atoms with van der Waals surface area (Å²) < 4.78 is 29.4. The Morgan fingerprint density at radius 3 is 2.59 bits per heavy atom. The molecule has 0 N–H and O–H groups in total. The number of nitrogens with zero attached hydrogens (tertiary/aromatic N) is 3. The fraction of sp³-hybridized carbons (Fsp3) is 0.211. The van der Waals surface area contributed by atoms with Gasteiger partial charge in [-0.3, -0.25) is 4.79 Å². The standard InChI is InChI=1S/C19H18FN3O4/c1-23(19(24)13-5-4-6-14(20)9-13)11-17-21-22-18(27-17)12-7-8-15(25-2)16(10-12)26-3/h4-10H,11H2,1-3H3. The summed E-state index contributed by atoms with van der Waals surface area (Å²) in [4.78, 5) is 13.7. The molecule has 3 rings (SSSR count). The van der Waals surface area contributed by atoms with Crippen LogP contribution in [0.15, 0.2) is 46.9 Å². The molecule has 140 valence electrons. The topological polar surface area (TPSA) is 77.7 Å². The maximum Gasteiger partial charge on any atom is 0.254 e. The summed E-state index contributed by atoms with van der Waals surface area (Å²) in [5.41, 5.74) is 0.905. The van der Waals surface area contributed by atoms with Gasteiger partial charge in [0, 0.05) is 18.2 Å². The average molecular weight is 371 g/mol. The third-order valence-corrected chi connectivity index (χ3v) is 3.89. The molecule has 0 aliphatic rings. The quantitative estimate of drug-likeness (QED) is 0.662. The number of methoxy groups -OCH3 is 2. The van der Waals surface area contributed by atoms with E-state index in [1.54, 1.807) is 38.4 Å². The number of hydrogen-bond donors (Lipinski definition) is 0. The summed E-state index contributed by atoms with van der Waals surface area (Å²) in [6.07, 6.45) is 0. The average Bonchev–Trinajstić information content (AvgIpc) is 3.15. The molecule has 0 spiro atoms. The number of carbonyl (C=O) groups excluding carboxylic acids is 1. The third-order valence-electron chi connectivity index (χ3n) is 3.89. The molecule has 7 nitrogen and oxygen atoms in total. The molecule has 0 atom stereocenters. The zero-order chi connectivity index (χ0) is 19.4. The van der Waals surface area contributed by atoms with Crippen LogP contribution in [0.3, 0.4) is 0 Å². The van der Waals surface area contributed by atoms with Crippen LogP contribution in [0, 0.1) is 5.82 Å². The van der Waals surface area contributed by atoms with Gasteiger partial charge in [0.1, 0.15) is 5.82 Å². The summed E-state index contributed by atoms with van der Waals surface area (Å²) in [6.45, 7) is 0.0929. The first-order chi connectivity index (χ1) is 13.0. The van der Waals surface area contributed by atoms with E-state index >= 15 is 0 Å². The summed E-state index contributed by atoms with van der Waals surface area (Å²) in [6, 6.07) is 10.7. The van der Waals surface area contributed by atoms with Gasteiger partial charge in [0.15, 0.2) is 11.5 Å². The third kappa shape index (κ3) is 4.05. The van der Waals surface area contributed by atoms with Gasteiger partial charge in [-0.2, -0.15) is 0 Å². The highest BCUT2D eigenvalue weighted by molar-refractivity contribution is 5.93. The van der Waals surface area contributed by atoms with Crippen molar-refractivity contribution in [2.75, 3.05) is 21.3 Å². The molecule has 8 heteroatoms. The molecule has 2 aromatic carbocycles. The van der Waals surface area contributed by atoms with Gasteiger partial charge in [-0.25, -0.2) is 4.39 Å². The number of benzene rings is 2. The van der Waals surface area contributed by atoms with Crippen LogP contribution in [-0.2, 0) is 6.54 Å². The van der Waals surface area contributed by atoms with E-state index in [0.717, 1.165) is 0 Å². The number of carbonyl (C=O) groups is 1. The molecule has 0 aliphatic heterocycles. The number of amides is 1. The Bertz CT molecular complexity index is 958. The smallest absolute Gasteiger partial charge is 0.254 e. The minimum absolute atomic E-state index is 0.0929. The molecule has 0 bridgehead atoms. The minimum Gasteiger partial charge on any atom is -0.493 e. The van der Waals surface area contributed by atoms with Crippen molar-refractivity contribution in [3.63, 3.8) is 0 Å².